The van der Waals surface area contributed by atoms with Gasteiger partial charge in [0.25, 0.3) is 0 Å². The standard InChI is InChI=1S/C25H30N2O7S/c1-16(2)35(32,33)14-13-26-24(30)22(11-12-23(28)29)27-25(31)34-15-21-19-9-5-3-7-17(19)18-8-4-6-10-20(18)21/h3-10,16,21-22H,11-15H2,1-2H3,(H,26,30)(H,27,31)(H,28,29). The fourth-order valence-corrected chi connectivity index (χ4v) is 4.85. The Balaban J connectivity index is 1.61. The smallest absolute Gasteiger partial charge is 0.407 e. The molecule has 1 atom stereocenters. The summed E-state index contributed by atoms with van der Waals surface area (Å²) in [6.45, 7) is 2.99. The van der Waals surface area contributed by atoms with Gasteiger partial charge in [-0.1, -0.05) is 48.5 Å². The van der Waals surface area contributed by atoms with Crippen LogP contribution in [0.1, 0.15) is 43.7 Å². The highest BCUT2D eigenvalue weighted by Crippen LogP contribution is 2.44. The minimum Gasteiger partial charge on any atom is -0.481 e. The van der Waals surface area contributed by atoms with Crippen LogP contribution in [0.4, 0.5) is 4.79 Å². The second-order valence-corrected chi connectivity index (χ2v) is 11.3. The molecular weight excluding hydrogens is 472 g/mol. The van der Waals surface area contributed by atoms with Gasteiger partial charge in [-0.2, -0.15) is 0 Å². The molecule has 0 radical (unpaired) electrons. The number of hydrogen-bond acceptors (Lipinski definition) is 6. The molecule has 3 rings (SSSR count). The second kappa shape index (κ2) is 11.4. The summed E-state index contributed by atoms with van der Waals surface area (Å²) < 4.78 is 29.3. The quantitative estimate of drug-likeness (QED) is 0.429. The van der Waals surface area contributed by atoms with Crippen molar-refractivity contribution < 1.29 is 32.6 Å². The Morgan fingerprint density at radius 1 is 1.00 bits per heavy atom. The number of ether oxygens (including phenoxy) is 1. The summed E-state index contributed by atoms with van der Waals surface area (Å²) in [5.74, 6) is -2.22. The van der Waals surface area contributed by atoms with E-state index in [9.17, 15) is 22.8 Å². The van der Waals surface area contributed by atoms with Gasteiger partial charge in [-0.15, -0.1) is 0 Å². The van der Waals surface area contributed by atoms with Crippen LogP contribution in [0.5, 0.6) is 0 Å². The van der Waals surface area contributed by atoms with Crippen LogP contribution in [-0.4, -0.2) is 61.7 Å². The highest BCUT2D eigenvalue weighted by atomic mass is 32.2. The number of alkyl carbamates (subject to hydrolysis) is 1. The average Bonchev–Trinajstić information content (AvgIpc) is 3.13. The van der Waals surface area contributed by atoms with Crippen molar-refractivity contribution in [2.45, 2.75) is 43.9 Å². The molecule has 0 fully saturated rings. The molecule has 0 heterocycles. The lowest BCUT2D eigenvalue weighted by atomic mass is 9.98. The number of carbonyl (C=O) groups excluding carboxylic acids is 2. The number of benzene rings is 2. The van der Waals surface area contributed by atoms with Crippen LogP contribution in [0, 0.1) is 0 Å². The molecule has 10 heteroatoms. The minimum atomic E-state index is -3.36. The van der Waals surface area contributed by atoms with Crippen molar-refractivity contribution >= 4 is 27.8 Å². The molecule has 0 aromatic heterocycles. The van der Waals surface area contributed by atoms with Crippen molar-refractivity contribution in [1.82, 2.24) is 10.6 Å². The molecular formula is C25H30N2O7S. The van der Waals surface area contributed by atoms with Crippen LogP contribution in [0.15, 0.2) is 48.5 Å². The van der Waals surface area contributed by atoms with Crippen molar-refractivity contribution in [1.29, 1.82) is 0 Å². The number of fused-ring (bicyclic) bond motifs is 3. The Morgan fingerprint density at radius 2 is 1.57 bits per heavy atom. The first kappa shape index (κ1) is 26.2. The Bertz CT molecular complexity index is 1150. The highest BCUT2D eigenvalue weighted by molar-refractivity contribution is 7.92. The SMILES string of the molecule is CC(C)S(=O)(=O)CCNC(=O)C(CCC(=O)O)NC(=O)OCC1c2ccccc2-c2ccccc21. The maximum Gasteiger partial charge on any atom is 0.407 e. The zero-order valence-corrected chi connectivity index (χ0v) is 20.5. The molecule has 0 saturated carbocycles. The first-order chi connectivity index (χ1) is 16.6. The number of hydrogen-bond donors (Lipinski definition) is 3. The lowest BCUT2D eigenvalue weighted by Crippen LogP contribution is -2.48. The molecule has 2 aromatic carbocycles. The van der Waals surface area contributed by atoms with E-state index in [2.05, 4.69) is 10.6 Å². The number of rotatable bonds is 11. The summed E-state index contributed by atoms with van der Waals surface area (Å²) >= 11 is 0. The maximum atomic E-state index is 12.6. The van der Waals surface area contributed by atoms with Crippen LogP contribution >= 0.6 is 0 Å². The third-order valence-corrected chi connectivity index (χ3v) is 8.21. The Morgan fingerprint density at radius 3 is 2.11 bits per heavy atom. The first-order valence-corrected chi connectivity index (χ1v) is 13.1. The molecule has 0 bridgehead atoms. The van der Waals surface area contributed by atoms with Gasteiger partial charge in [-0.25, -0.2) is 13.2 Å². The fraction of sp³-hybridized carbons (Fsp3) is 0.400. The highest BCUT2D eigenvalue weighted by Gasteiger charge is 2.30. The zero-order chi connectivity index (χ0) is 25.6. The largest absolute Gasteiger partial charge is 0.481 e. The van der Waals surface area contributed by atoms with E-state index in [0.717, 1.165) is 22.3 Å². The van der Waals surface area contributed by atoms with Gasteiger partial charge in [0.15, 0.2) is 9.84 Å². The number of carboxylic acids is 1. The van der Waals surface area contributed by atoms with Gasteiger partial charge in [0.05, 0.1) is 11.0 Å². The summed E-state index contributed by atoms with van der Waals surface area (Å²) in [6, 6.07) is 14.6. The van der Waals surface area contributed by atoms with Gasteiger partial charge in [-0.05, 0) is 42.5 Å². The lowest BCUT2D eigenvalue weighted by molar-refractivity contribution is -0.137. The van der Waals surface area contributed by atoms with Crippen molar-refractivity contribution in [2.75, 3.05) is 18.9 Å². The van der Waals surface area contributed by atoms with Crippen LogP contribution in [-0.2, 0) is 24.2 Å². The van der Waals surface area contributed by atoms with Crippen molar-refractivity contribution in [3.8, 4) is 11.1 Å². The van der Waals surface area contributed by atoms with Gasteiger partial charge < -0.3 is 20.5 Å². The topological polar surface area (TPSA) is 139 Å². The van der Waals surface area contributed by atoms with Crippen LogP contribution in [0.3, 0.4) is 0 Å². The van der Waals surface area contributed by atoms with Crippen molar-refractivity contribution in [2.24, 2.45) is 0 Å². The molecule has 0 spiro atoms. The molecule has 0 saturated heterocycles. The summed E-state index contributed by atoms with van der Waals surface area (Å²) in [6.07, 6.45) is -1.37. The van der Waals surface area contributed by atoms with Crippen molar-refractivity contribution in [3.05, 3.63) is 59.7 Å². The number of sulfone groups is 1. The number of amides is 2. The summed E-state index contributed by atoms with van der Waals surface area (Å²) in [7, 11) is -3.36. The molecule has 188 valence electrons. The summed E-state index contributed by atoms with van der Waals surface area (Å²) in [4.78, 5) is 36.1. The van der Waals surface area contributed by atoms with Gasteiger partial charge in [0, 0.05) is 18.9 Å². The number of aliphatic carboxylic acids is 1. The van der Waals surface area contributed by atoms with Gasteiger partial charge in [0.1, 0.15) is 12.6 Å². The third kappa shape index (κ3) is 6.60. The molecule has 2 aromatic rings. The predicted molar refractivity (Wildman–Crippen MR) is 131 cm³/mol. The van der Waals surface area contributed by atoms with Gasteiger partial charge in [-0.3, -0.25) is 9.59 Å². The number of nitrogens with one attached hydrogen (secondary N) is 2. The van der Waals surface area contributed by atoms with E-state index in [1.807, 2.05) is 48.5 Å². The fourth-order valence-electron chi connectivity index (χ4n) is 3.99. The summed E-state index contributed by atoms with van der Waals surface area (Å²) in [5.41, 5.74) is 4.22. The predicted octanol–water partition coefficient (Wildman–Crippen LogP) is 2.70. The molecule has 9 nitrogen and oxygen atoms in total. The van der Waals surface area contributed by atoms with E-state index in [0.29, 0.717) is 0 Å². The number of carboxylic acid groups (broad SMARTS) is 1. The minimum absolute atomic E-state index is 0.0414. The molecule has 0 aliphatic heterocycles. The Hall–Kier alpha value is -3.40. The monoisotopic (exact) mass is 502 g/mol. The normalized spacial score (nSPS) is 13.6. The van der Waals surface area contributed by atoms with E-state index >= 15 is 0 Å². The van der Waals surface area contributed by atoms with E-state index < -0.39 is 39.1 Å². The number of carbonyl (C=O) groups is 3. The zero-order valence-electron chi connectivity index (χ0n) is 19.7. The van der Waals surface area contributed by atoms with E-state index in [1.54, 1.807) is 13.8 Å². The van der Waals surface area contributed by atoms with Crippen LogP contribution < -0.4 is 10.6 Å². The van der Waals surface area contributed by atoms with Crippen molar-refractivity contribution in [3.63, 3.8) is 0 Å². The Kier molecular flexibility index (Phi) is 8.50. The molecule has 1 unspecified atom stereocenters. The molecule has 2 amide bonds. The molecule has 1 aliphatic rings. The van der Waals surface area contributed by atoms with Gasteiger partial charge >= 0.3 is 12.1 Å². The second-order valence-electron chi connectivity index (χ2n) is 8.66. The van der Waals surface area contributed by atoms with Gasteiger partial charge in [0.2, 0.25) is 5.91 Å². The molecule has 35 heavy (non-hydrogen) atoms. The van der Waals surface area contributed by atoms with E-state index in [-0.39, 0.29) is 37.7 Å². The van der Waals surface area contributed by atoms with E-state index in [4.69, 9.17) is 9.84 Å². The third-order valence-electron chi connectivity index (χ3n) is 6.00. The van der Waals surface area contributed by atoms with Crippen LogP contribution in [0.2, 0.25) is 0 Å². The van der Waals surface area contributed by atoms with E-state index in [1.165, 1.54) is 0 Å². The molecule has 3 N–H and O–H groups in total. The lowest BCUT2D eigenvalue weighted by Gasteiger charge is -2.19. The first-order valence-electron chi connectivity index (χ1n) is 11.4. The van der Waals surface area contributed by atoms with Crippen LogP contribution in [0.25, 0.3) is 11.1 Å². The maximum absolute atomic E-state index is 12.6. The summed E-state index contributed by atoms with van der Waals surface area (Å²) in [5, 5.41) is 13.3. The molecule has 1 aliphatic carbocycles. The Labute approximate surface area is 204 Å². The average molecular weight is 503 g/mol.